The highest BCUT2D eigenvalue weighted by atomic mass is 32.1. The standard InChI is InChI=1S/C24H23FN4O3S/c25-18-7-6-17(20(30)15-21-27-28-22(33-21)16-4-2-1-3-5-16)14-19(18)26-23(31)24(8-9-24)29-10-12-32-13-11-29/h1-7,14H,8-13,15H2,(H,26,31). The Kier molecular flexibility index (Phi) is 6.01. The van der Waals surface area contributed by atoms with Crippen LogP contribution in [0.2, 0.25) is 0 Å². The summed E-state index contributed by atoms with van der Waals surface area (Å²) < 4.78 is 19.9. The lowest BCUT2D eigenvalue weighted by Gasteiger charge is -2.33. The van der Waals surface area contributed by atoms with E-state index in [0.717, 1.165) is 23.4 Å². The topological polar surface area (TPSA) is 84.4 Å². The molecule has 2 aliphatic rings. The summed E-state index contributed by atoms with van der Waals surface area (Å²) in [4.78, 5) is 28.0. The van der Waals surface area contributed by atoms with E-state index in [1.165, 1.54) is 29.5 Å². The number of hydrogen-bond donors (Lipinski definition) is 1. The SMILES string of the molecule is O=C(Cc1nnc(-c2ccccc2)s1)c1ccc(F)c(NC(=O)C2(N3CCOCC3)CC2)c1. The molecule has 0 atom stereocenters. The fourth-order valence-electron chi connectivity index (χ4n) is 4.09. The van der Waals surface area contributed by atoms with Crippen molar-refractivity contribution in [1.29, 1.82) is 0 Å². The molecule has 2 heterocycles. The van der Waals surface area contributed by atoms with Gasteiger partial charge in [0.05, 0.1) is 25.3 Å². The first kappa shape index (κ1) is 21.8. The number of hydrogen-bond acceptors (Lipinski definition) is 7. The van der Waals surface area contributed by atoms with Crippen molar-refractivity contribution in [2.24, 2.45) is 0 Å². The van der Waals surface area contributed by atoms with Gasteiger partial charge in [-0.05, 0) is 31.0 Å². The summed E-state index contributed by atoms with van der Waals surface area (Å²) in [6.07, 6.45) is 1.53. The van der Waals surface area contributed by atoms with Crippen LogP contribution < -0.4 is 5.32 Å². The molecule has 3 aromatic rings. The molecule has 33 heavy (non-hydrogen) atoms. The van der Waals surface area contributed by atoms with Gasteiger partial charge in [0.15, 0.2) is 5.78 Å². The van der Waals surface area contributed by atoms with Gasteiger partial charge in [0.25, 0.3) is 0 Å². The Morgan fingerprint density at radius 1 is 1.09 bits per heavy atom. The van der Waals surface area contributed by atoms with Crippen LogP contribution in [0.1, 0.15) is 28.2 Å². The number of Topliss-reactive ketones (excluding diaryl/α,β-unsaturated/α-hetero) is 1. The molecule has 0 spiro atoms. The third kappa shape index (κ3) is 4.57. The third-order valence-electron chi connectivity index (χ3n) is 6.10. The maximum Gasteiger partial charge on any atom is 0.244 e. The first-order valence-electron chi connectivity index (χ1n) is 10.9. The molecule has 1 aromatic heterocycles. The molecule has 1 N–H and O–H groups in total. The zero-order valence-corrected chi connectivity index (χ0v) is 18.7. The molecule has 1 aliphatic heterocycles. The molecule has 1 amide bonds. The van der Waals surface area contributed by atoms with Gasteiger partial charge >= 0.3 is 0 Å². The maximum atomic E-state index is 14.5. The fourth-order valence-corrected chi connectivity index (χ4v) is 4.94. The Morgan fingerprint density at radius 3 is 2.58 bits per heavy atom. The highest BCUT2D eigenvalue weighted by molar-refractivity contribution is 7.14. The van der Waals surface area contributed by atoms with Gasteiger partial charge in [-0.3, -0.25) is 14.5 Å². The van der Waals surface area contributed by atoms with Gasteiger partial charge < -0.3 is 10.1 Å². The Bertz CT molecular complexity index is 1170. The number of halogens is 1. The highest BCUT2D eigenvalue weighted by Gasteiger charge is 2.54. The van der Waals surface area contributed by atoms with Crippen molar-refractivity contribution in [3.05, 3.63) is 64.9 Å². The van der Waals surface area contributed by atoms with E-state index < -0.39 is 11.4 Å². The zero-order chi connectivity index (χ0) is 22.8. The molecule has 0 unspecified atom stereocenters. The molecule has 1 saturated heterocycles. The van der Waals surface area contributed by atoms with Crippen molar-refractivity contribution < 1.29 is 18.7 Å². The number of nitrogens with one attached hydrogen (secondary N) is 1. The minimum absolute atomic E-state index is 0.0209. The van der Waals surface area contributed by atoms with E-state index in [1.807, 2.05) is 30.3 Å². The second kappa shape index (κ2) is 9.09. The van der Waals surface area contributed by atoms with Crippen LogP contribution in [0.3, 0.4) is 0 Å². The van der Waals surface area contributed by atoms with Gasteiger partial charge in [0.2, 0.25) is 5.91 Å². The molecule has 2 aromatic carbocycles. The largest absolute Gasteiger partial charge is 0.379 e. The minimum atomic E-state index is -0.601. The summed E-state index contributed by atoms with van der Waals surface area (Å²) in [6, 6.07) is 13.7. The minimum Gasteiger partial charge on any atom is -0.379 e. The third-order valence-corrected chi connectivity index (χ3v) is 7.07. The molecule has 9 heteroatoms. The molecule has 7 nitrogen and oxygen atoms in total. The smallest absolute Gasteiger partial charge is 0.244 e. The maximum absolute atomic E-state index is 14.5. The number of carbonyl (C=O) groups is 2. The number of ether oxygens (including phenoxy) is 1. The van der Waals surface area contributed by atoms with E-state index in [2.05, 4.69) is 20.4 Å². The van der Waals surface area contributed by atoms with Gasteiger partial charge in [0.1, 0.15) is 21.4 Å². The van der Waals surface area contributed by atoms with Crippen LogP contribution in [0, 0.1) is 5.82 Å². The molecule has 2 fully saturated rings. The molecular weight excluding hydrogens is 443 g/mol. The van der Waals surface area contributed by atoms with Crippen molar-refractivity contribution in [1.82, 2.24) is 15.1 Å². The molecule has 5 rings (SSSR count). The molecular formula is C24H23FN4O3S. The number of anilines is 1. The van der Waals surface area contributed by atoms with Crippen LogP contribution in [0.15, 0.2) is 48.5 Å². The second-order valence-corrected chi connectivity index (χ2v) is 9.31. The van der Waals surface area contributed by atoms with Gasteiger partial charge in [0, 0.05) is 24.2 Å². The van der Waals surface area contributed by atoms with Crippen LogP contribution >= 0.6 is 11.3 Å². The summed E-state index contributed by atoms with van der Waals surface area (Å²) in [5.74, 6) is -1.01. The van der Waals surface area contributed by atoms with Crippen LogP contribution in [-0.4, -0.2) is 58.6 Å². The Labute approximate surface area is 194 Å². The van der Waals surface area contributed by atoms with Crippen molar-refractivity contribution in [2.75, 3.05) is 31.6 Å². The van der Waals surface area contributed by atoms with Crippen LogP contribution in [0.25, 0.3) is 10.6 Å². The van der Waals surface area contributed by atoms with Crippen LogP contribution in [0.5, 0.6) is 0 Å². The zero-order valence-electron chi connectivity index (χ0n) is 17.9. The lowest BCUT2D eigenvalue weighted by Crippen LogP contribution is -2.51. The average molecular weight is 467 g/mol. The summed E-state index contributed by atoms with van der Waals surface area (Å²) in [6.45, 7) is 2.54. The van der Waals surface area contributed by atoms with Gasteiger partial charge in [-0.2, -0.15) is 0 Å². The van der Waals surface area contributed by atoms with Crippen molar-refractivity contribution in [3.8, 4) is 10.6 Å². The summed E-state index contributed by atoms with van der Waals surface area (Å²) in [7, 11) is 0. The quantitative estimate of drug-likeness (QED) is 0.536. The van der Waals surface area contributed by atoms with E-state index in [0.29, 0.717) is 36.9 Å². The first-order valence-corrected chi connectivity index (χ1v) is 11.7. The van der Waals surface area contributed by atoms with E-state index in [4.69, 9.17) is 4.74 Å². The first-order chi connectivity index (χ1) is 16.0. The molecule has 0 radical (unpaired) electrons. The van der Waals surface area contributed by atoms with E-state index in [1.54, 1.807) is 0 Å². The van der Waals surface area contributed by atoms with Crippen LogP contribution in [0.4, 0.5) is 10.1 Å². The summed E-state index contributed by atoms with van der Waals surface area (Å²) >= 11 is 1.35. The number of rotatable bonds is 7. The predicted octanol–water partition coefficient (Wildman–Crippen LogP) is 3.57. The Morgan fingerprint density at radius 2 is 1.85 bits per heavy atom. The van der Waals surface area contributed by atoms with Crippen molar-refractivity contribution >= 4 is 28.7 Å². The second-order valence-electron chi connectivity index (χ2n) is 8.25. The fraction of sp³-hybridized carbons (Fsp3) is 0.333. The number of benzene rings is 2. The highest BCUT2D eigenvalue weighted by Crippen LogP contribution is 2.43. The molecule has 170 valence electrons. The van der Waals surface area contributed by atoms with Crippen molar-refractivity contribution in [2.45, 2.75) is 24.8 Å². The lowest BCUT2D eigenvalue weighted by molar-refractivity contribution is -0.124. The van der Waals surface area contributed by atoms with E-state index in [-0.39, 0.29) is 23.8 Å². The van der Waals surface area contributed by atoms with E-state index >= 15 is 0 Å². The Hall–Kier alpha value is -3.01. The predicted molar refractivity (Wildman–Crippen MR) is 123 cm³/mol. The van der Waals surface area contributed by atoms with Gasteiger partial charge in [-0.1, -0.05) is 41.7 Å². The average Bonchev–Trinajstić information content (AvgIpc) is 3.54. The molecule has 0 bridgehead atoms. The lowest BCUT2D eigenvalue weighted by atomic mass is 10.1. The number of morpholine rings is 1. The number of aromatic nitrogens is 2. The van der Waals surface area contributed by atoms with E-state index in [9.17, 15) is 14.0 Å². The molecule has 1 aliphatic carbocycles. The van der Waals surface area contributed by atoms with Crippen LogP contribution in [-0.2, 0) is 16.0 Å². The number of ketones is 1. The molecule has 1 saturated carbocycles. The number of nitrogens with zero attached hydrogens (tertiary/aromatic N) is 3. The monoisotopic (exact) mass is 466 g/mol. The number of carbonyl (C=O) groups excluding carboxylic acids is 2. The summed E-state index contributed by atoms with van der Waals surface area (Å²) in [5.41, 5.74) is 0.679. The normalized spacial score (nSPS) is 17.5. The summed E-state index contributed by atoms with van der Waals surface area (Å²) in [5, 5.41) is 12.3. The number of amides is 1. The van der Waals surface area contributed by atoms with Gasteiger partial charge in [-0.15, -0.1) is 10.2 Å². The van der Waals surface area contributed by atoms with Crippen molar-refractivity contribution in [3.63, 3.8) is 0 Å². The Balaban J connectivity index is 1.28. The van der Waals surface area contributed by atoms with Gasteiger partial charge in [-0.25, -0.2) is 4.39 Å².